The van der Waals surface area contributed by atoms with Crippen molar-refractivity contribution >= 4 is 23.4 Å². The molecule has 2 aromatic carbocycles. The minimum atomic E-state index is -0.307. The van der Waals surface area contributed by atoms with Crippen molar-refractivity contribution in [2.45, 2.75) is 13.3 Å². The first-order valence-corrected chi connectivity index (χ1v) is 13.0. The highest BCUT2D eigenvalue weighted by atomic mass is 16.5. The van der Waals surface area contributed by atoms with Gasteiger partial charge in [-0.2, -0.15) is 0 Å². The summed E-state index contributed by atoms with van der Waals surface area (Å²) in [7, 11) is 5.62. The minimum Gasteiger partial charge on any atom is -0.467 e. The molecule has 0 aliphatic carbocycles. The number of aryl methyl sites for hydroxylation is 1. The fourth-order valence-corrected chi connectivity index (χ4v) is 4.85. The maximum Gasteiger partial charge on any atom is 0.353 e. The number of hydrogen-bond acceptors (Lipinski definition) is 7. The van der Waals surface area contributed by atoms with E-state index in [1.807, 2.05) is 43.3 Å². The van der Waals surface area contributed by atoms with Gasteiger partial charge in [0.2, 0.25) is 0 Å². The lowest BCUT2D eigenvalue weighted by atomic mass is 9.98. The predicted molar refractivity (Wildman–Crippen MR) is 156 cm³/mol. The number of nitrogens with one attached hydrogen (secondary N) is 1. The quantitative estimate of drug-likeness (QED) is 0.355. The van der Waals surface area contributed by atoms with Crippen LogP contribution in [-0.4, -0.2) is 70.7 Å². The second kappa shape index (κ2) is 12.5. The fourth-order valence-electron chi connectivity index (χ4n) is 4.85. The smallest absolute Gasteiger partial charge is 0.353 e. The first-order chi connectivity index (χ1) is 19.9. The molecule has 0 spiro atoms. The van der Waals surface area contributed by atoms with Gasteiger partial charge in [0.15, 0.2) is 0 Å². The number of ether oxygens (including phenoxy) is 1. The molecule has 3 heterocycles. The van der Waals surface area contributed by atoms with Crippen LogP contribution in [-0.2, 0) is 13.5 Å². The zero-order chi connectivity index (χ0) is 29.7. The van der Waals surface area contributed by atoms with Crippen molar-refractivity contribution in [3.63, 3.8) is 0 Å². The average molecular weight is 560 g/mol. The fraction of sp³-hybridized carbons (Fsp3) is 0.276. The summed E-state index contributed by atoms with van der Waals surface area (Å²) in [5.74, 6) is 0.403. The summed E-state index contributed by atoms with van der Waals surface area (Å²) in [4.78, 5) is 46.1. The Kier molecular flexibility index (Phi) is 8.83. The van der Waals surface area contributed by atoms with Crippen molar-refractivity contribution in [2.75, 3.05) is 44.2 Å². The van der Waals surface area contributed by atoms with E-state index in [-0.39, 0.29) is 23.6 Å². The van der Waals surface area contributed by atoms with Gasteiger partial charge in [-0.3, -0.25) is 14.6 Å². The van der Waals surface area contributed by atoms with E-state index >= 15 is 0 Å². The van der Waals surface area contributed by atoms with Crippen molar-refractivity contribution < 1.29 is 19.4 Å². The molecule has 214 valence electrons. The highest BCUT2D eigenvalue weighted by molar-refractivity contribution is 6.07. The number of methoxy groups -OCH3 is 1. The van der Waals surface area contributed by atoms with Gasteiger partial charge in [-0.25, -0.2) is 23.8 Å². The Hall–Kier alpha value is -4.97. The Bertz CT molecular complexity index is 1610. The third-order valence-corrected chi connectivity index (χ3v) is 6.81. The standard InChI is InChI=1S/C28H29N7O4.CH4O/c1-5-22-23(18-9-11-20(12-10-18)35-26(39-4)31-32(3)27(35)37)13-14-30-24(22)34-16-15-33(28(34)38)21-8-6-7-19(17-21)25(36)29-2;1-2/h6-14,17H,5,15-16H2,1-4H3,(H,29,36);2H,1H3. The molecule has 0 radical (unpaired) electrons. The number of benzene rings is 2. The Labute approximate surface area is 237 Å². The monoisotopic (exact) mass is 559 g/mol. The maximum absolute atomic E-state index is 13.5. The number of aliphatic hydroxyl groups is 1. The second-order valence-electron chi connectivity index (χ2n) is 9.00. The van der Waals surface area contributed by atoms with Crippen LogP contribution in [0.25, 0.3) is 16.8 Å². The summed E-state index contributed by atoms with van der Waals surface area (Å²) in [5, 5.41) is 13.7. The zero-order valence-corrected chi connectivity index (χ0v) is 23.7. The molecule has 1 saturated heterocycles. The van der Waals surface area contributed by atoms with Crippen molar-refractivity contribution in [1.29, 1.82) is 0 Å². The first kappa shape index (κ1) is 29.0. The Balaban J connectivity index is 0.00000189. The number of pyridine rings is 1. The van der Waals surface area contributed by atoms with Crippen LogP contribution in [0, 0.1) is 0 Å². The number of nitrogens with zero attached hydrogens (tertiary/aromatic N) is 6. The van der Waals surface area contributed by atoms with E-state index in [1.165, 1.54) is 16.4 Å². The van der Waals surface area contributed by atoms with Gasteiger partial charge in [0.1, 0.15) is 5.82 Å². The number of urea groups is 1. The lowest BCUT2D eigenvalue weighted by Gasteiger charge is -2.22. The third-order valence-electron chi connectivity index (χ3n) is 6.81. The van der Waals surface area contributed by atoms with E-state index in [2.05, 4.69) is 15.4 Å². The van der Waals surface area contributed by atoms with Crippen LogP contribution in [0.15, 0.2) is 65.6 Å². The summed E-state index contributed by atoms with van der Waals surface area (Å²) < 4.78 is 7.89. The summed E-state index contributed by atoms with van der Waals surface area (Å²) in [6.45, 7) is 2.97. The number of hydrogen-bond donors (Lipinski definition) is 2. The second-order valence-corrected chi connectivity index (χ2v) is 9.00. The lowest BCUT2D eigenvalue weighted by molar-refractivity contribution is 0.0963. The molecule has 4 aromatic rings. The van der Waals surface area contributed by atoms with E-state index in [0.717, 1.165) is 23.8 Å². The number of rotatable bonds is 7. The number of carbonyl (C=O) groups is 2. The van der Waals surface area contributed by atoms with Crippen LogP contribution >= 0.6 is 0 Å². The number of anilines is 2. The number of aromatic nitrogens is 4. The van der Waals surface area contributed by atoms with Crippen LogP contribution in [0.4, 0.5) is 16.3 Å². The molecular formula is C29H33N7O5. The molecular weight excluding hydrogens is 526 g/mol. The molecule has 41 heavy (non-hydrogen) atoms. The largest absolute Gasteiger partial charge is 0.467 e. The van der Waals surface area contributed by atoms with Crippen molar-refractivity contribution in [1.82, 2.24) is 24.6 Å². The minimum absolute atomic E-state index is 0.193. The van der Waals surface area contributed by atoms with Gasteiger partial charge in [-0.1, -0.05) is 25.1 Å². The number of aliphatic hydroxyl groups excluding tert-OH is 1. The van der Waals surface area contributed by atoms with Crippen LogP contribution in [0.1, 0.15) is 22.8 Å². The van der Waals surface area contributed by atoms with Gasteiger partial charge in [0.25, 0.3) is 5.91 Å². The zero-order valence-electron chi connectivity index (χ0n) is 23.7. The van der Waals surface area contributed by atoms with Crippen LogP contribution in [0.5, 0.6) is 6.01 Å². The average Bonchev–Trinajstić information content (AvgIpc) is 3.55. The van der Waals surface area contributed by atoms with Gasteiger partial charge in [0.05, 0.1) is 12.8 Å². The van der Waals surface area contributed by atoms with Gasteiger partial charge in [-0.05, 0) is 53.9 Å². The van der Waals surface area contributed by atoms with E-state index in [9.17, 15) is 14.4 Å². The third kappa shape index (κ3) is 5.41. The predicted octanol–water partition coefficient (Wildman–Crippen LogP) is 2.62. The molecule has 0 saturated carbocycles. The molecule has 1 aliphatic rings. The van der Waals surface area contributed by atoms with Crippen LogP contribution in [0.2, 0.25) is 0 Å². The summed E-state index contributed by atoms with van der Waals surface area (Å²) in [6.07, 6.45) is 2.36. The van der Waals surface area contributed by atoms with Crippen LogP contribution in [0.3, 0.4) is 0 Å². The molecule has 3 amide bonds. The molecule has 12 heteroatoms. The maximum atomic E-state index is 13.5. The molecule has 0 atom stereocenters. The molecule has 12 nitrogen and oxygen atoms in total. The molecule has 1 aliphatic heterocycles. The topological polar surface area (TPSA) is 135 Å². The van der Waals surface area contributed by atoms with Crippen LogP contribution < -0.4 is 25.5 Å². The molecule has 1 fully saturated rings. The normalized spacial score (nSPS) is 12.7. The van der Waals surface area contributed by atoms with Gasteiger partial charge in [0, 0.05) is 57.3 Å². The van der Waals surface area contributed by atoms with Gasteiger partial charge in [-0.15, -0.1) is 5.10 Å². The SMILES string of the molecule is CCc1c(-c2ccc(-n3c(OC)nn(C)c3=O)cc2)ccnc1N1CCN(c2cccc(C(=O)NC)c2)C1=O.CO. The molecule has 2 N–H and O–H groups in total. The van der Waals surface area contributed by atoms with Crippen molar-refractivity contribution in [3.8, 4) is 22.8 Å². The molecule has 0 unspecified atom stereocenters. The van der Waals surface area contributed by atoms with Gasteiger partial charge < -0.3 is 15.2 Å². The Morgan fingerprint density at radius 1 is 1.02 bits per heavy atom. The highest BCUT2D eigenvalue weighted by Gasteiger charge is 2.33. The number of carbonyl (C=O) groups excluding carboxylic acids is 2. The molecule has 5 rings (SSSR count). The first-order valence-electron chi connectivity index (χ1n) is 13.0. The van der Waals surface area contributed by atoms with E-state index < -0.39 is 0 Å². The van der Waals surface area contributed by atoms with E-state index in [0.29, 0.717) is 42.3 Å². The summed E-state index contributed by atoms with van der Waals surface area (Å²) in [5.41, 5.74) is 4.29. The Morgan fingerprint density at radius 2 is 1.73 bits per heavy atom. The molecule has 2 aromatic heterocycles. The Morgan fingerprint density at radius 3 is 2.39 bits per heavy atom. The molecule has 0 bridgehead atoms. The summed E-state index contributed by atoms with van der Waals surface area (Å²) in [6, 6.07) is 16.5. The highest BCUT2D eigenvalue weighted by Crippen LogP contribution is 2.33. The van der Waals surface area contributed by atoms with E-state index in [1.54, 1.807) is 48.3 Å². The lowest BCUT2D eigenvalue weighted by Crippen LogP contribution is -2.33. The summed E-state index contributed by atoms with van der Waals surface area (Å²) >= 11 is 0. The van der Waals surface area contributed by atoms with Gasteiger partial charge >= 0.3 is 17.7 Å². The van der Waals surface area contributed by atoms with Crippen molar-refractivity contribution in [2.24, 2.45) is 7.05 Å². The van der Waals surface area contributed by atoms with Crippen molar-refractivity contribution in [3.05, 3.63) is 82.4 Å². The number of amides is 3. The van der Waals surface area contributed by atoms with E-state index in [4.69, 9.17) is 9.84 Å².